The molecule has 1 N–H and O–H groups in total. The predicted molar refractivity (Wildman–Crippen MR) is 83.0 cm³/mol. The average Bonchev–Trinajstić information content (AvgIpc) is 2.46. The zero-order chi connectivity index (χ0) is 13.1. The van der Waals surface area contributed by atoms with Crippen molar-refractivity contribution in [2.45, 2.75) is 13.0 Å². The van der Waals surface area contributed by atoms with E-state index in [0.29, 0.717) is 0 Å². The lowest BCUT2D eigenvalue weighted by Crippen LogP contribution is -2.21. The summed E-state index contributed by atoms with van der Waals surface area (Å²) in [5.41, 5.74) is 5.04. The van der Waals surface area contributed by atoms with Crippen LogP contribution in [0.4, 0.5) is 5.69 Å². The van der Waals surface area contributed by atoms with Crippen molar-refractivity contribution < 1.29 is 0 Å². The van der Waals surface area contributed by atoms with Crippen molar-refractivity contribution in [1.82, 2.24) is 0 Å². The van der Waals surface area contributed by atoms with Gasteiger partial charge in [0.05, 0.1) is 6.04 Å². The Bertz CT molecular complexity index is 623. The molecule has 0 amide bonds. The van der Waals surface area contributed by atoms with Crippen molar-refractivity contribution in [3.05, 3.63) is 77.4 Å². The highest BCUT2D eigenvalue weighted by Gasteiger charge is 2.14. The van der Waals surface area contributed by atoms with Crippen LogP contribution in [0.1, 0.15) is 18.1 Å². The third-order valence-corrected chi connectivity index (χ3v) is 3.43. The fourth-order valence-corrected chi connectivity index (χ4v) is 2.34. The Morgan fingerprint density at radius 3 is 2.53 bits per heavy atom. The second-order valence-electron chi connectivity index (χ2n) is 4.87. The van der Waals surface area contributed by atoms with Gasteiger partial charge in [0, 0.05) is 5.69 Å². The van der Waals surface area contributed by atoms with E-state index in [1.165, 1.54) is 22.4 Å². The van der Waals surface area contributed by atoms with Crippen LogP contribution in [0.25, 0.3) is 12.2 Å². The van der Waals surface area contributed by atoms with Gasteiger partial charge in [-0.3, -0.25) is 0 Å². The summed E-state index contributed by atoms with van der Waals surface area (Å²) in [4.78, 5) is 0. The van der Waals surface area contributed by atoms with Crippen LogP contribution < -0.4 is 5.32 Å². The Kier molecular flexibility index (Phi) is 3.20. The summed E-state index contributed by atoms with van der Waals surface area (Å²) >= 11 is 0. The van der Waals surface area contributed by atoms with Crippen molar-refractivity contribution in [2.75, 3.05) is 5.32 Å². The van der Waals surface area contributed by atoms with Crippen LogP contribution >= 0.6 is 0 Å². The van der Waals surface area contributed by atoms with Gasteiger partial charge in [-0.1, -0.05) is 66.8 Å². The van der Waals surface area contributed by atoms with E-state index >= 15 is 0 Å². The number of para-hydroxylation sites is 1. The fourth-order valence-electron chi connectivity index (χ4n) is 2.34. The van der Waals surface area contributed by atoms with Gasteiger partial charge in [0.15, 0.2) is 0 Å². The first-order valence-electron chi connectivity index (χ1n) is 6.60. The predicted octanol–water partition coefficient (Wildman–Crippen LogP) is 4.60. The van der Waals surface area contributed by atoms with Gasteiger partial charge in [-0.2, -0.15) is 0 Å². The molecule has 0 aliphatic carbocycles. The molecule has 94 valence electrons. The van der Waals surface area contributed by atoms with E-state index in [4.69, 9.17) is 0 Å². The second kappa shape index (κ2) is 5.15. The van der Waals surface area contributed by atoms with E-state index in [1.807, 2.05) is 6.07 Å². The van der Waals surface area contributed by atoms with Gasteiger partial charge >= 0.3 is 0 Å². The highest BCUT2D eigenvalue weighted by Crippen LogP contribution is 2.27. The molecule has 0 radical (unpaired) electrons. The van der Waals surface area contributed by atoms with Gasteiger partial charge in [-0.15, -0.1) is 0 Å². The molecule has 1 aliphatic rings. The van der Waals surface area contributed by atoms with Gasteiger partial charge in [0.1, 0.15) is 0 Å². The van der Waals surface area contributed by atoms with Crippen LogP contribution in [-0.4, -0.2) is 6.04 Å². The zero-order valence-corrected chi connectivity index (χ0v) is 11.0. The Hall–Kier alpha value is -2.28. The summed E-state index contributed by atoms with van der Waals surface area (Å²) in [5.74, 6) is 0. The van der Waals surface area contributed by atoms with Crippen molar-refractivity contribution in [2.24, 2.45) is 0 Å². The van der Waals surface area contributed by atoms with Crippen LogP contribution in [0, 0.1) is 0 Å². The average molecular weight is 247 g/mol. The molecule has 0 fully saturated rings. The van der Waals surface area contributed by atoms with Crippen molar-refractivity contribution in [1.29, 1.82) is 0 Å². The first-order chi connectivity index (χ1) is 9.33. The van der Waals surface area contributed by atoms with E-state index in [2.05, 4.69) is 79.0 Å². The van der Waals surface area contributed by atoms with Crippen LogP contribution in [0.15, 0.2) is 66.2 Å². The molecule has 1 nitrogen and oxygen atoms in total. The van der Waals surface area contributed by atoms with Crippen molar-refractivity contribution in [3.8, 4) is 0 Å². The van der Waals surface area contributed by atoms with Crippen LogP contribution in [0.3, 0.4) is 0 Å². The molecule has 3 rings (SSSR count). The monoisotopic (exact) mass is 247 g/mol. The highest BCUT2D eigenvalue weighted by molar-refractivity contribution is 5.74. The molecule has 1 atom stereocenters. The number of hydrogen-bond donors (Lipinski definition) is 1. The lowest BCUT2D eigenvalue weighted by atomic mass is 9.98. The van der Waals surface area contributed by atoms with Gasteiger partial charge in [0.25, 0.3) is 0 Å². The molecule has 1 heterocycles. The zero-order valence-electron chi connectivity index (χ0n) is 11.0. The maximum absolute atomic E-state index is 3.56. The number of nitrogens with one attached hydrogen (secondary N) is 1. The minimum atomic E-state index is 0.273. The summed E-state index contributed by atoms with van der Waals surface area (Å²) in [6, 6.07) is 19.1. The molecular formula is C18H17N. The minimum Gasteiger partial charge on any atom is -0.375 e. The molecule has 19 heavy (non-hydrogen) atoms. The minimum absolute atomic E-state index is 0.273. The Morgan fingerprint density at radius 2 is 1.68 bits per heavy atom. The lowest BCUT2D eigenvalue weighted by Gasteiger charge is -2.24. The largest absolute Gasteiger partial charge is 0.375 e. The van der Waals surface area contributed by atoms with E-state index in [1.54, 1.807) is 0 Å². The maximum atomic E-state index is 3.56. The Labute approximate surface area is 114 Å². The van der Waals surface area contributed by atoms with Crippen LogP contribution in [-0.2, 0) is 0 Å². The molecule has 2 aromatic rings. The number of anilines is 1. The summed E-state index contributed by atoms with van der Waals surface area (Å²) in [5, 5.41) is 3.56. The first-order valence-corrected chi connectivity index (χ1v) is 6.60. The summed E-state index contributed by atoms with van der Waals surface area (Å²) in [6.07, 6.45) is 6.64. The standard InChI is InChI=1S/C18H17N/c1-14-13-16-9-5-6-10-18(16)19-17(14)12-11-15-7-3-2-4-8-15/h2-13,17,19H,1H3/b12-11+/t17-/m1/s1. The van der Waals surface area contributed by atoms with Crippen molar-refractivity contribution in [3.63, 3.8) is 0 Å². The van der Waals surface area contributed by atoms with Gasteiger partial charge in [-0.05, 0) is 29.7 Å². The molecule has 0 unspecified atom stereocenters. The molecular weight excluding hydrogens is 230 g/mol. The van der Waals surface area contributed by atoms with Gasteiger partial charge in [0.2, 0.25) is 0 Å². The molecule has 1 heteroatoms. The number of hydrogen-bond acceptors (Lipinski definition) is 1. The molecule has 1 aliphatic heterocycles. The molecule has 0 bridgehead atoms. The van der Waals surface area contributed by atoms with E-state index < -0.39 is 0 Å². The van der Waals surface area contributed by atoms with Gasteiger partial charge in [-0.25, -0.2) is 0 Å². The summed E-state index contributed by atoms with van der Waals surface area (Å²) in [6.45, 7) is 2.17. The third-order valence-electron chi connectivity index (χ3n) is 3.43. The number of rotatable bonds is 2. The quantitative estimate of drug-likeness (QED) is 0.818. The maximum Gasteiger partial charge on any atom is 0.0661 e. The molecule has 2 aromatic carbocycles. The van der Waals surface area contributed by atoms with Gasteiger partial charge < -0.3 is 5.32 Å². The third kappa shape index (κ3) is 2.60. The first kappa shape index (κ1) is 11.8. The number of fused-ring (bicyclic) bond motifs is 1. The molecule has 0 spiro atoms. The Morgan fingerprint density at radius 1 is 0.947 bits per heavy atom. The smallest absolute Gasteiger partial charge is 0.0661 e. The topological polar surface area (TPSA) is 12.0 Å². The van der Waals surface area contributed by atoms with Crippen LogP contribution in [0.2, 0.25) is 0 Å². The Balaban J connectivity index is 1.83. The van der Waals surface area contributed by atoms with E-state index in [0.717, 1.165) is 0 Å². The molecule has 0 saturated heterocycles. The normalized spacial score (nSPS) is 17.7. The van der Waals surface area contributed by atoms with E-state index in [9.17, 15) is 0 Å². The lowest BCUT2D eigenvalue weighted by molar-refractivity contribution is 1.02. The highest BCUT2D eigenvalue weighted by atomic mass is 14.9. The SMILES string of the molecule is CC1=Cc2ccccc2N[C@@H]1/C=C/c1ccccc1. The molecule has 0 aromatic heterocycles. The fraction of sp³-hybridized carbons (Fsp3) is 0.111. The summed E-state index contributed by atoms with van der Waals surface area (Å²) < 4.78 is 0. The summed E-state index contributed by atoms with van der Waals surface area (Å²) in [7, 11) is 0. The molecule has 0 saturated carbocycles. The number of benzene rings is 2. The van der Waals surface area contributed by atoms with Crippen molar-refractivity contribution >= 4 is 17.8 Å². The van der Waals surface area contributed by atoms with E-state index in [-0.39, 0.29) is 6.04 Å². The van der Waals surface area contributed by atoms with Crippen LogP contribution in [0.5, 0.6) is 0 Å². The second-order valence-corrected chi connectivity index (χ2v) is 4.87.